The molecule has 2 aromatic rings. The van der Waals surface area contributed by atoms with Crippen LogP contribution in [-0.4, -0.2) is 53.0 Å². The average molecular weight is 423 g/mol. The van der Waals surface area contributed by atoms with E-state index in [0.29, 0.717) is 38.0 Å². The van der Waals surface area contributed by atoms with Crippen LogP contribution in [0.1, 0.15) is 55.9 Å². The van der Waals surface area contributed by atoms with Crippen molar-refractivity contribution in [2.45, 2.75) is 57.8 Å². The monoisotopic (exact) mass is 423 g/mol. The molecule has 1 N–H and O–H groups in total. The van der Waals surface area contributed by atoms with E-state index in [1.165, 1.54) is 0 Å². The van der Waals surface area contributed by atoms with Gasteiger partial charge in [-0.3, -0.25) is 9.59 Å². The Hall–Kier alpha value is -2.35. The molecule has 0 unspecified atom stereocenters. The molecule has 164 valence electrons. The van der Waals surface area contributed by atoms with Crippen molar-refractivity contribution in [3.8, 4) is 0 Å². The third-order valence-corrected chi connectivity index (χ3v) is 5.61. The summed E-state index contributed by atoms with van der Waals surface area (Å²) in [7, 11) is 0. The third kappa shape index (κ3) is 5.41. The van der Waals surface area contributed by atoms with E-state index in [4.69, 9.17) is 0 Å². The first kappa shape index (κ1) is 22.3. The largest absolute Gasteiger partial charge is 0.389 e. The highest BCUT2D eigenvalue weighted by Crippen LogP contribution is 2.25. The molecular formula is C22H28F3N3O2. The summed E-state index contributed by atoms with van der Waals surface area (Å²) in [6.45, 7) is 5.66. The number of benzene rings is 1. The van der Waals surface area contributed by atoms with E-state index in [9.17, 15) is 22.8 Å². The predicted octanol–water partition coefficient (Wildman–Crippen LogP) is 4.33. The Kier molecular flexibility index (Phi) is 6.85. The van der Waals surface area contributed by atoms with E-state index < -0.39 is 24.3 Å². The predicted molar refractivity (Wildman–Crippen MR) is 110 cm³/mol. The molecule has 0 atom stereocenters. The number of rotatable bonds is 7. The normalized spacial score (nSPS) is 16.3. The van der Waals surface area contributed by atoms with Gasteiger partial charge in [-0.25, -0.2) is 0 Å². The molecule has 0 radical (unpaired) electrons. The highest BCUT2D eigenvalue weighted by atomic mass is 19.4. The number of hydrogen-bond donors (Lipinski definition) is 1. The number of hydrogen-bond acceptors (Lipinski definition) is 3. The Morgan fingerprint density at radius 2 is 1.83 bits per heavy atom. The van der Waals surface area contributed by atoms with Crippen molar-refractivity contribution in [1.29, 1.82) is 0 Å². The van der Waals surface area contributed by atoms with Gasteiger partial charge in [0.2, 0.25) is 0 Å². The van der Waals surface area contributed by atoms with Crippen molar-refractivity contribution >= 4 is 22.6 Å². The molecule has 8 heteroatoms. The minimum Gasteiger partial charge on any atom is -0.346 e. The lowest BCUT2D eigenvalue weighted by molar-refractivity contribution is -0.136. The van der Waals surface area contributed by atoms with E-state index in [0.717, 1.165) is 10.9 Å². The van der Waals surface area contributed by atoms with Gasteiger partial charge in [-0.05, 0) is 45.7 Å². The van der Waals surface area contributed by atoms with Crippen molar-refractivity contribution in [3.63, 3.8) is 0 Å². The maximum atomic E-state index is 12.8. The molecule has 1 aromatic carbocycles. The smallest absolute Gasteiger partial charge is 0.346 e. The van der Waals surface area contributed by atoms with Crippen molar-refractivity contribution in [1.82, 2.24) is 14.8 Å². The lowest BCUT2D eigenvalue weighted by Crippen LogP contribution is -2.46. The van der Waals surface area contributed by atoms with Crippen molar-refractivity contribution in [2.24, 2.45) is 0 Å². The third-order valence-electron chi connectivity index (χ3n) is 5.61. The van der Waals surface area contributed by atoms with Crippen LogP contribution in [-0.2, 0) is 4.79 Å². The summed E-state index contributed by atoms with van der Waals surface area (Å²) in [5.41, 5.74) is 1.30. The molecule has 1 aromatic heterocycles. The maximum absolute atomic E-state index is 12.8. The molecule has 1 fully saturated rings. The molecular weight excluding hydrogens is 395 g/mol. The van der Waals surface area contributed by atoms with E-state index in [1.54, 1.807) is 6.20 Å². The molecule has 0 spiro atoms. The fourth-order valence-electron chi connectivity index (χ4n) is 3.99. The Balaban J connectivity index is 1.56. The number of nitrogens with one attached hydrogen (secondary N) is 1. The van der Waals surface area contributed by atoms with Crippen LogP contribution in [0, 0.1) is 0 Å². The van der Waals surface area contributed by atoms with Gasteiger partial charge in [0.25, 0.3) is 11.7 Å². The molecule has 0 saturated carbocycles. The Labute approximate surface area is 174 Å². The lowest BCUT2D eigenvalue weighted by atomic mass is 10.0. The van der Waals surface area contributed by atoms with Gasteiger partial charge < -0.3 is 14.8 Å². The number of amides is 1. The van der Waals surface area contributed by atoms with Crippen molar-refractivity contribution < 1.29 is 22.8 Å². The molecule has 2 heterocycles. The zero-order valence-electron chi connectivity index (χ0n) is 17.3. The van der Waals surface area contributed by atoms with Crippen molar-refractivity contribution in [3.05, 3.63) is 36.0 Å². The molecule has 1 aliphatic heterocycles. The minimum absolute atomic E-state index is 0.0823. The van der Waals surface area contributed by atoms with Crippen LogP contribution < -0.4 is 5.32 Å². The number of carbonyl (C=O) groups is 2. The Bertz CT molecular complexity index is 897. The molecule has 1 aliphatic rings. The SMILES string of the molecule is CC(C)n1cc(C(=O)C(=O)NC2CCN(CCCC(F)(F)F)CC2)c2ccccc21. The summed E-state index contributed by atoms with van der Waals surface area (Å²) < 4.78 is 38.8. The number of piperidine rings is 1. The van der Waals surface area contributed by atoms with E-state index in [2.05, 4.69) is 5.32 Å². The first-order valence-corrected chi connectivity index (χ1v) is 10.4. The summed E-state index contributed by atoms with van der Waals surface area (Å²) in [5.74, 6) is -1.18. The summed E-state index contributed by atoms with van der Waals surface area (Å²) in [4.78, 5) is 27.4. The van der Waals surface area contributed by atoms with Crippen LogP contribution in [0.25, 0.3) is 10.9 Å². The number of para-hydroxylation sites is 1. The summed E-state index contributed by atoms with van der Waals surface area (Å²) in [6, 6.07) is 7.53. The highest BCUT2D eigenvalue weighted by Gasteiger charge is 2.28. The van der Waals surface area contributed by atoms with Gasteiger partial charge in [0.1, 0.15) is 0 Å². The molecule has 0 bridgehead atoms. The quantitative estimate of drug-likeness (QED) is 0.533. The molecule has 30 heavy (non-hydrogen) atoms. The highest BCUT2D eigenvalue weighted by molar-refractivity contribution is 6.45. The van der Waals surface area contributed by atoms with E-state index in [-0.39, 0.29) is 18.5 Å². The van der Waals surface area contributed by atoms with Gasteiger partial charge in [0.05, 0.1) is 5.56 Å². The van der Waals surface area contributed by atoms with Crippen molar-refractivity contribution in [2.75, 3.05) is 19.6 Å². The second-order valence-electron chi connectivity index (χ2n) is 8.20. The van der Waals surface area contributed by atoms with Crippen LogP contribution in [0.2, 0.25) is 0 Å². The fourth-order valence-corrected chi connectivity index (χ4v) is 3.99. The number of alkyl halides is 3. The first-order valence-electron chi connectivity index (χ1n) is 10.4. The molecule has 1 amide bonds. The van der Waals surface area contributed by atoms with Crippen LogP contribution in [0.4, 0.5) is 13.2 Å². The fraction of sp³-hybridized carbons (Fsp3) is 0.545. The van der Waals surface area contributed by atoms with Crippen LogP contribution >= 0.6 is 0 Å². The number of ketones is 1. The average Bonchev–Trinajstić information content (AvgIpc) is 3.08. The van der Waals surface area contributed by atoms with Gasteiger partial charge in [-0.15, -0.1) is 0 Å². The number of carbonyl (C=O) groups excluding carboxylic acids is 2. The number of nitrogens with zero attached hydrogens (tertiary/aromatic N) is 2. The zero-order chi connectivity index (χ0) is 21.9. The molecule has 3 rings (SSSR count). The summed E-state index contributed by atoms with van der Waals surface area (Å²) in [5, 5.41) is 3.57. The van der Waals surface area contributed by atoms with Crippen LogP contribution in [0.5, 0.6) is 0 Å². The second-order valence-corrected chi connectivity index (χ2v) is 8.20. The standard InChI is InChI=1S/C22H28F3N3O2/c1-15(2)28-14-18(17-6-3-4-7-19(17)28)20(29)21(30)26-16-8-12-27(13-9-16)11-5-10-22(23,24)25/h3-4,6-7,14-16H,5,8-13H2,1-2H3,(H,26,30). The summed E-state index contributed by atoms with van der Waals surface area (Å²) >= 11 is 0. The minimum atomic E-state index is -4.12. The van der Waals surface area contributed by atoms with Gasteiger partial charge in [0, 0.05) is 48.7 Å². The summed E-state index contributed by atoms with van der Waals surface area (Å²) in [6.07, 6.45) is -1.83. The maximum Gasteiger partial charge on any atom is 0.389 e. The topological polar surface area (TPSA) is 54.3 Å². The van der Waals surface area contributed by atoms with Crippen LogP contribution in [0.3, 0.4) is 0 Å². The molecule has 0 aliphatic carbocycles. The second kappa shape index (κ2) is 9.20. The number of fused-ring (bicyclic) bond motifs is 1. The van der Waals surface area contributed by atoms with Crippen LogP contribution in [0.15, 0.2) is 30.5 Å². The van der Waals surface area contributed by atoms with Gasteiger partial charge >= 0.3 is 6.18 Å². The first-order chi connectivity index (χ1) is 14.2. The Morgan fingerprint density at radius 1 is 1.17 bits per heavy atom. The lowest BCUT2D eigenvalue weighted by Gasteiger charge is -2.32. The number of aromatic nitrogens is 1. The molecule has 1 saturated heterocycles. The number of halogens is 3. The molecule has 5 nitrogen and oxygen atoms in total. The zero-order valence-corrected chi connectivity index (χ0v) is 17.3. The van der Waals surface area contributed by atoms with E-state index >= 15 is 0 Å². The Morgan fingerprint density at radius 3 is 2.47 bits per heavy atom. The van der Waals surface area contributed by atoms with Gasteiger partial charge in [0.15, 0.2) is 0 Å². The number of Topliss-reactive ketones (excluding diaryl/α,β-unsaturated/α-hetero) is 1. The van der Waals surface area contributed by atoms with Gasteiger partial charge in [-0.2, -0.15) is 13.2 Å². The number of likely N-dealkylation sites (tertiary alicyclic amines) is 1. The van der Waals surface area contributed by atoms with E-state index in [1.807, 2.05) is 47.6 Å². The van der Waals surface area contributed by atoms with Gasteiger partial charge in [-0.1, -0.05) is 18.2 Å².